The smallest absolute Gasteiger partial charge is 0.302 e. The van der Waals surface area contributed by atoms with Gasteiger partial charge in [0, 0.05) is 26.7 Å². The van der Waals surface area contributed by atoms with Crippen molar-refractivity contribution in [3.8, 4) is 0 Å². The molecule has 0 aromatic heterocycles. The minimum absolute atomic E-state index is 0.0670. The number of carbonyl (C=O) groups excluding carboxylic acids is 2. The van der Waals surface area contributed by atoms with Crippen LogP contribution in [0.3, 0.4) is 0 Å². The molecule has 0 aliphatic carbocycles. The molecule has 0 amide bonds. The number of hydrogen-bond donors (Lipinski definition) is 2. The first-order chi connectivity index (χ1) is 9.75. The Morgan fingerprint density at radius 3 is 1.48 bits per heavy atom. The second-order valence-corrected chi connectivity index (χ2v) is 6.97. The van der Waals surface area contributed by atoms with Crippen molar-refractivity contribution in [3.05, 3.63) is 0 Å². The summed E-state index contributed by atoms with van der Waals surface area (Å²) in [5.41, 5.74) is 0. The first kappa shape index (κ1) is 19.8. The van der Waals surface area contributed by atoms with E-state index in [-0.39, 0.29) is 26.1 Å². The Morgan fingerprint density at radius 1 is 0.905 bits per heavy atom. The number of esters is 2. The normalized spacial score (nSPS) is 14.3. The number of rotatable bonds is 10. The van der Waals surface area contributed by atoms with Crippen LogP contribution in [0.25, 0.3) is 0 Å². The summed E-state index contributed by atoms with van der Waals surface area (Å²) in [5.74, 6) is -1.09. The molecule has 0 aliphatic rings. The van der Waals surface area contributed by atoms with Crippen LogP contribution in [0.1, 0.15) is 26.7 Å². The van der Waals surface area contributed by atoms with Crippen molar-refractivity contribution in [3.63, 3.8) is 0 Å². The zero-order chi connectivity index (χ0) is 16.5. The molecule has 0 aliphatic heterocycles. The molecule has 124 valence electrons. The lowest BCUT2D eigenvalue weighted by Gasteiger charge is -2.21. The maximum atomic E-state index is 12.2. The van der Waals surface area contributed by atoms with Gasteiger partial charge in [-0.15, -0.1) is 0 Å². The van der Waals surface area contributed by atoms with E-state index in [4.69, 9.17) is 0 Å². The van der Waals surface area contributed by atoms with Gasteiger partial charge < -0.3 is 19.7 Å². The molecule has 21 heavy (non-hydrogen) atoms. The quantitative estimate of drug-likeness (QED) is 0.491. The summed E-state index contributed by atoms with van der Waals surface area (Å²) in [4.78, 5) is 21.3. The van der Waals surface area contributed by atoms with Gasteiger partial charge in [-0.2, -0.15) is 0 Å². The predicted molar refractivity (Wildman–Crippen MR) is 73.2 cm³/mol. The Labute approximate surface area is 124 Å². The Morgan fingerprint density at radius 2 is 1.24 bits per heavy atom. The van der Waals surface area contributed by atoms with Gasteiger partial charge in [0.15, 0.2) is 9.84 Å². The molecule has 0 aromatic carbocycles. The molecule has 0 saturated carbocycles. The van der Waals surface area contributed by atoms with Crippen LogP contribution in [0, 0.1) is 0 Å². The zero-order valence-electron chi connectivity index (χ0n) is 12.1. The fourth-order valence-electron chi connectivity index (χ4n) is 1.66. The second kappa shape index (κ2) is 9.69. The van der Waals surface area contributed by atoms with Crippen molar-refractivity contribution in [2.24, 2.45) is 0 Å². The van der Waals surface area contributed by atoms with Crippen LogP contribution in [0.15, 0.2) is 0 Å². The topological polar surface area (TPSA) is 127 Å². The SMILES string of the molecule is CC(=O)OCCC(CO)S(=O)(=O)C(CO)CCOC(C)=O. The van der Waals surface area contributed by atoms with Crippen molar-refractivity contribution < 1.29 is 37.7 Å². The third-order valence-electron chi connectivity index (χ3n) is 2.83. The van der Waals surface area contributed by atoms with Crippen molar-refractivity contribution in [2.75, 3.05) is 26.4 Å². The summed E-state index contributed by atoms with van der Waals surface area (Å²) in [5, 5.41) is 16.1. The van der Waals surface area contributed by atoms with Crippen molar-refractivity contribution in [2.45, 2.75) is 37.2 Å². The molecule has 8 nitrogen and oxygen atoms in total. The summed E-state index contributed by atoms with van der Waals surface area (Å²) < 4.78 is 33.8. The number of aliphatic hydroxyl groups excluding tert-OH is 2. The van der Waals surface area contributed by atoms with Crippen LogP contribution < -0.4 is 0 Å². The van der Waals surface area contributed by atoms with Gasteiger partial charge in [0.1, 0.15) is 0 Å². The van der Waals surface area contributed by atoms with Crippen LogP contribution in [-0.4, -0.2) is 67.5 Å². The lowest BCUT2D eigenvalue weighted by molar-refractivity contribution is -0.142. The van der Waals surface area contributed by atoms with E-state index < -0.39 is 45.5 Å². The van der Waals surface area contributed by atoms with Gasteiger partial charge in [-0.25, -0.2) is 8.42 Å². The van der Waals surface area contributed by atoms with Crippen molar-refractivity contribution >= 4 is 21.8 Å². The summed E-state index contributed by atoms with van der Waals surface area (Å²) in [6, 6.07) is 0. The van der Waals surface area contributed by atoms with Gasteiger partial charge in [0.2, 0.25) is 0 Å². The lowest BCUT2D eigenvalue weighted by Crippen LogP contribution is -2.38. The molecule has 9 heteroatoms. The van der Waals surface area contributed by atoms with Crippen LogP contribution in [0.4, 0.5) is 0 Å². The molecule has 0 saturated heterocycles. The molecular weight excluding hydrogens is 304 g/mol. The Hall–Kier alpha value is -1.19. The Balaban J connectivity index is 4.67. The number of carbonyl (C=O) groups is 2. The fraction of sp³-hybridized carbons (Fsp3) is 0.833. The summed E-state index contributed by atoms with van der Waals surface area (Å²) in [7, 11) is -3.84. The van der Waals surface area contributed by atoms with Crippen molar-refractivity contribution in [1.82, 2.24) is 0 Å². The number of sulfone groups is 1. The minimum Gasteiger partial charge on any atom is -0.466 e. The molecule has 2 N–H and O–H groups in total. The van der Waals surface area contributed by atoms with Gasteiger partial charge in [0.05, 0.1) is 36.9 Å². The molecule has 0 rings (SSSR count). The standard InChI is InChI=1S/C12H22O8S/c1-9(15)19-5-3-11(7-13)21(17,18)12(8-14)4-6-20-10(2)16/h11-14H,3-8H2,1-2H3. The van der Waals surface area contributed by atoms with E-state index >= 15 is 0 Å². The van der Waals surface area contributed by atoms with Gasteiger partial charge in [0.25, 0.3) is 0 Å². The highest BCUT2D eigenvalue weighted by atomic mass is 32.2. The van der Waals surface area contributed by atoms with E-state index in [1.54, 1.807) is 0 Å². The first-order valence-electron chi connectivity index (χ1n) is 6.46. The largest absolute Gasteiger partial charge is 0.466 e. The number of aliphatic hydroxyl groups is 2. The molecule has 0 aromatic rings. The van der Waals surface area contributed by atoms with Gasteiger partial charge in [-0.1, -0.05) is 0 Å². The highest BCUT2D eigenvalue weighted by Crippen LogP contribution is 2.16. The third kappa shape index (κ3) is 7.39. The molecular formula is C12H22O8S. The van der Waals surface area contributed by atoms with Crippen molar-refractivity contribution in [1.29, 1.82) is 0 Å². The Kier molecular flexibility index (Phi) is 9.14. The van der Waals surface area contributed by atoms with E-state index in [0.29, 0.717) is 0 Å². The predicted octanol–water partition coefficient (Wildman–Crippen LogP) is -0.971. The van der Waals surface area contributed by atoms with Crippen LogP contribution in [-0.2, 0) is 28.9 Å². The zero-order valence-corrected chi connectivity index (χ0v) is 13.0. The summed E-state index contributed by atoms with van der Waals surface area (Å²) in [6.07, 6.45) is -0.134. The van der Waals surface area contributed by atoms with E-state index in [1.807, 2.05) is 0 Å². The van der Waals surface area contributed by atoms with E-state index in [0.717, 1.165) is 0 Å². The molecule has 0 bridgehead atoms. The van der Waals surface area contributed by atoms with E-state index in [9.17, 15) is 28.2 Å². The van der Waals surface area contributed by atoms with Crippen LogP contribution >= 0.6 is 0 Å². The van der Waals surface area contributed by atoms with Gasteiger partial charge in [-0.3, -0.25) is 9.59 Å². The first-order valence-corrected chi connectivity index (χ1v) is 8.07. The minimum atomic E-state index is -3.84. The molecule has 2 atom stereocenters. The summed E-state index contributed by atoms with van der Waals surface area (Å²) >= 11 is 0. The highest BCUT2D eigenvalue weighted by molar-refractivity contribution is 7.92. The number of hydrogen-bond acceptors (Lipinski definition) is 8. The molecule has 2 unspecified atom stereocenters. The van der Waals surface area contributed by atoms with Gasteiger partial charge >= 0.3 is 11.9 Å². The molecule has 0 spiro atoms. The lowest BCUT2D eigenvalue weighted by atomic mass is 10.3. The van der Waals surface area contributed by atoms with Gasteiger partial charge in [-0.05, 0) is 0 Å². The maximum Gasteiger partial charge on any atom is 0.302 e. The fourth-order valence-corrected chi connectivity index (χ4v) is 3.47. The third-order valence-corrected chi connectivity index (χ3v) is 5.45. The van der Waals surface area contributed by atoms with E-state index in [1.165, 1.54) is 13.8 Å². The summed E-state index contributed by atoms with van der Waals surface area (Å²) in [6.45, 7) is 0.821. The van der Waals surface area contributed by atoms with Crippen LogP contribution in [0.2, 0.25) is 0 Å². The monoisotopic (exact) mass is 326 g/mol. The molecule has 0 fully saturated rings. The average molecular weight is 326 g/mol. The van der Waals surface area contributed by atoms with Crippen LogP contribution in [0.5, 0.6) is 0 Å². The molecule has 0 radical (unpaired) electrons. The maximum absolute atomic E-state index is 12.2. The second-order valence-electron chi connectivity index (χ2n) is 4.46. The highest BCUT2D eigenvalue weighted by Gasteiger charge is 2.33. The molecule has 0 heterocycles. The average Bonchev–Trinajstić information content (AvgIpc) is 2.38. The number of ether oxygens (including phenoxy) is 2. The Bertz CT molecular complexity index is 397. The van der Waals surface area contributed by atoms with E-state index in [2.05, 4.69) is 9.47 Å².